The number of anilines is 3. The molecule has 7 heteroatoms. The molecular weight excluding hydrogens is 522 g/mol. The highest BCUT2D eigenvalue weighted by atomic mass is 16.2. The summed E-state index contributed by atoms with van der Waals surface area (Å²) < 4.78 is 0. The van der Waals surface area contributed by atoms with Gasteiger partial charge in [-0.3, -0.25) is 14.9 Å². The minimum atomic E-state index is -0.325. The number of amides is 2. The molecule has 0 bridgehead atoms. The predicted octanol–water partition coefficient (Wildman–Crippen LogP) is 8.45. The van der Waals surface area contributed by atoms with E-state index in [0.717, 1.165) is 12.8 Å². The van der Waals surface area contributed by atoms with Crippen LogP contribution < -0.4 is 16.0 Å². The topological polar surface area (TPSA) is 96.0 Å². The van der Waals surface area contributed by atoms with Crippen LogP contribution >= 0.6 is 0 Å². The predicted molar refractivity (Wildman–Crippen MR) is 175 cm³/mol. The molecule has 0 aliphatic heterocycles. The van der Waals surface area contributed by atoms with Gasteiger partial charge in [-0.25, -0.2) is 0 Å². The van der Waals surface area contributed by atoms with E-state index in [1.54, 1.807) is 13.1 Å². The molecule has 0 unspecified atom stereocenters. The van der Waals surface area contributed by atoms with Crippen LogP contribution in [0.15, 0.2) is 54.6 Å². The Balaban J connectivity index is 1.73. The summed E-state index contributed by atoms with van der Waals surface area (Å²) in [6, 6.07) is 17.0. The normalized spacial score (nSPS) is 12.5. The summed E-state index contributed by atoms with van der Waals surface area (Å²) >= 11 is 0. The Morgan fingerprint density at radius 1 is 0.595 bits per heavy atom. The zero-order valence-electron chi connectivity index (χ0n) is 27.3. The van der Waals surface area contributed by atoms with Crippen molar-refractivity contribution in [3.05, 3.63) is 76.9 Å². The van der Waals surface area contributed by atoms with Crippen LogP contribution in [0.25, 0.3) is 0 Å². The third-order valence-electron chi connectivity index (χ3n) is 7.25. The maximum absolute atomic E-state index is 13.1. The maximum Gasteiger partial charge on any atom is 0.258 e. The van der Waals surface area contributed by atoms with Crippen LogP contribution in [0.3, 0.4) is 0 Å². The van der Waals surface area contributed by atoms with Gasteiger partial charge in [-0.1, -0.05) is 93.5 Å². The molecule has 42 heavy (non-hydrogen) atoms. The Morgan fingerprint density at radius 3 is 1.36 bits per heavy atom. The fourth-order valence-electron chi connectivity index (χ4n) is 6.06. The first-order valence-corrected chi connectivity index (χ1v) is 14.7. The van der Waals surface area contributed by atoms with Crippen molar-refractivity contribution in [2.75, 3.05) is 23.0 Å². The molecule has 0 radical (unpaired) electrons. The Hall–Kier alpha value is -3.74. The van der Waals surface area contributed by atoms with Gasteiger partial charge in [0, 0.05) is 24.2 Å². The fraction of sp³-hybridized carbons (Fsp3) is 0.486. The van der Waals surface area contributed by atoms with Crippen molar-refractivity contribution in [1.29, 1.82) is 0 Å². The summed E-state index contributed by atoms with van der Waals surface area (Å²) in [5.74, 6) is 0.231. The van der Waals surface area contributed by atoms with Crippen molar-refractivity contribution in [3.63, 3.8) is 0 Å². The first-order valence-electron chi connectivity index (χ1n) is 14.7. The van der Waals surface area contributed by atoms with E-state index in [1.165, 1.54) is 11.1 Å². The van der Waals surface area contributed by atoms with Crippen molar-refractivity contribution in [2.45, 2.75) is 92.9 Å². The zero-order chi connectivity index (χ0) is 31.5. The molecule has 0 fully saturated rings. The van der Waals surface area contributed by atoms with Crippen LogP contribution in [0.1, 0.15) is 114 Å². The number of aromatic nitrogens is 2. The summed E-state index contributed by atoms with van der Waals surface area (Å²) in [5, 5.41) is 8.58. The quantitative estimate of drug-likeness (QED) is 0.239. The molecule has 1 aromatic heterocycles. The van der Waals surface area contributed by atoms with Gasteiger partial charge in [0.1, 0.15) is 11.6 Å². The van der Waals surface area contributed by atoms with Gasteiger partial charge in [0.2, 0.25) is 5.95 Å². The summed E-state index contributed by atoms with van der Waals surface area (Å²) in [7, 11) is 1.72. The van der Waals surface area contributed by atoms with Gasteiger partial charge < -0.3 is 10.6 Å². The van der Waals surface area contributed by atoms with Crippen LogP contribution in [0.2, 0.25) is 0 Å². The summed E-state index contributed by atoms with van der Waals surface area (Å²) in [5.41, 5.74) is 3.73. The van der Waals surface area contributed by atoms with Gasteiger partial charge in [0.15, 0.2) is 0 Å². The zero-order valence-corrected chi connectivity index (χ0v) is 27.3. The molecule has 0 spiro atoms. The number of nitrogens with one attached hydrogen (secondary N) is 3. The minimum absolute atomic E-state index is 0.0162. The first kappa shape index (κ1) is 32.8. The smallest absolute Gasteiger partial charge is 0.258 e. The van der Waals surface area contributed by atoms with Gasteiger partial charge in [-0.15, -0.1) is 0 Å². The number of nitrogens with zero attached hydrogens (tertiary/aromatic N) is 2. The maximum atomic E-state index is 13.1. The van der Waals surface area contributed by atoms with Crippen molar-refractivity contribution in [2.24, 2.45) is 10.8 Å². The number of benzene rings is 2. The number of rotatable bonds is 9. The molecule has 7 nitrogen and oxygen atoms in total. The largest absolute Gasteiger partial charge is 0.373 e. The number of carbonyl (C=O) groups is 2. The third kappa shape index (κ3) is 9.13. The van der Waals surface area contributed by atoms with Gasteiger partial charge in [-0.05, 0) is 69.9 Å². The lowest BCUT2D eigenvalue weighted by Crippen LogP contribution is -2.25. The van der Waals surface area contributed by atoms with E-state index in [0.29, 0.717) is 16.9 Å². The van der Waals surface area contributed by atoms with Gasteiger partial charge in [-0.2, -0.15) is 9.97 Å². The molecule has 3 N–H and O–H groups in total. The highest BCUT2D eigenvalue weighted by Crippen LogP contribution is 2.37. The Labute approximate surface area is 252 Å². The molecule has 1 heterocycles. The van der Waals surface area contributed by atoms with Crippen molar-refractivity contribution in [1.82, 2.24) is 9.97 Å². The average Bonchev–Trinajstić information content (AvgIpc) is 2.86. The third-order valence-corrected chi connectivity index (χ3v) is 7.25. The molecule has 226 valence electrons. The summed E-state index contributed by atoms with van der Waals surface area (Å²) in [6.45, 7) is 22.3. The van der Waals surface area contributed by atoms with E-state index in [9.17, 15) is 9.59 Å². The van der Waals surface area contributed by atoms with Crippen LogP contribution in [-0.2, 0) is 10.8 Å². The lowest BCUT2D eigenvalue weighted by molar-refractivity contribution is 0.101. The molecule has 0 saturated carbocycles. The molecule has 2 aromatic carbocycles. The average molecular weight is 572 g/mol. The molecule has 0 aliphatic carbocycles. The highest BCUT2D eigenvalue weighted by molar-refractivity contribution is 6.05. The molecule has 0 saturated heterocycles. The fourth-order valence-corrected chi connectivity index (χ4v) is 6.06. The Morgan fingerprint density at radius 2 is 0.976 bits per heavy atom. The van der Waals surface area contributed by atoms with E-state index in [4.69, 9.17) is 0 Å². The van der Waals surface area contributed by atoms with Crippen LogP contribution in [0, 0.1) is 10.8 Å². The Bertz CT molecular complexity index is 1290. The van der Waals surface area contributed by atoms with Gasteiger partial charge in [0.05, 0.1) is 0 Å². The minimum Gasteiger partial charge on any atom is -0.373 e. The van der Waals surface area contributed by atoms with Crippen LogP contribution in [-0.4, -0.2) is 28.8 Å². The van der Waals surface area contributed by atoms with Crippen molar-refractivity contribution >= 4 is 29.4 Å². The number of hydrogen-bond acceptors (Lipinski definition) is 5. The SMILES string of the molecule is CNc1cc(NC(=O)c2ccc(C(C)(C)CC(C)(C)C)cc2)nc(NC(=O)c2ccc(C(C)(C)CC(C)(C)C)cc2)n1. The monoisotopic (exact) mass is 571 g/mol. The van der Waals surface area contributed by atoms with Crippen LogP contribution in [0.4, 0.5) is 17.6 Å². The number of carbonyl (C=O) groups excluding carboxylic acids is 2. The molecule has 2 amide bonds. The van der Waals surface area contributed by atoms with E-state index in [-0.39, 0.29) is 45.2 Å². The first-order chi connectivity index (χ1) is 19.3. The molecule has 3 rings (SSSR count). The van der Waals surface area contributed by atoms with E-state index in [2.05, 4.69) is 95.2 Å². The second-order valence-electron chi connectivity index (χ2n) is 15.0. The standard InChI is InChI=1S/C35H49N5O2/c1-32(2,3)21-34(7,8)25-16-12-23(13-17-25)29(41)37-28-20-27(36-11)38-31(39-28)40-30(42)24-14-18-26(19-15-24)35(9,10)22-33(4,5)6/h12-20H,21-22H2,1-11H3,(H3,36,37,38,39,40,41,42). The van der Waals surface area contributed by atoms with E-state index in [1.807, 2.05) is 48.5 Å². The second kappa shape index (κ2) is 12.2. The van der Waals surface area contributed by atoms with E-state index >= 15 is 0 Å². The highest BCUT2D eigenvalue weighted by Gasteiger charge is 2.28. The van der Waals surface area contributed by atoms with Crippen molar-refractivity contribution in [3.8, 4) is 0 Å². The molecular formula is C35H49N5O2. The molecule has 0 atom stereocenters. The second-order valence-corrected chi connectivity index (χ2v) is 15.0. The lowest BCUT2D eigenvalue weighted by Gasteiger charge is -2.33. The summed E-state index contributed by atoms with van der Waals surface area (Å²) in [6.07, 6.45) is 2.04. The lowest BCUT2D eigenvalue weighted by atomic mass is 9.72. The summed E-state index contributed by atoms with van der Waals surface area (Å²) in [4.78, 5) is 34.9. The molecule has 0 aliphatic rings. The van der Waals surface area contributed by atoms with Gasteiger partial charge >= 0.3 is 0 Å². The molecule has 3 aromatic rings. The van der Waals surface area contributed by atoms with Gasteiger partial charge in [0.25, 0.3) is 11.8 Å². The van der Waals surface area contributed by atoms with E-state index < -0.39 is 0 Å². The van der Waals surface area contributed by atoms with Crippen LogP contribution in [0.5, 0.6) is 0 Å². The van der Waals surface area contributed by atoms with Crippen molar-refractivity contribution < 1.29 is 9.59 Å². The number of hydrogen-bond donors (Lipinski definition) is 3. The Kier molecular flexibility index (Phi) is 9.55.